The summed E-state index contributed by atoms with van der Waals surface area (Å²) in [4.78, 5) is -0.192. The second-order valence-electron chi connectivity index (χ2n) is 2.29. The van der Waals surface area contributed by atoms with E-state index < -0.39 is 5.92 Å². The first kappa shape index (κ1) is 10.5. The van der Waals surface area contributed by atoms with Crippen molar-refractivity contribution in [2.24, 2.45) is 5.73 Å². The van der Waals surface area contributed by atoms with Crippen LogP contribution in [0.15, 0.2) is 22.6 Å². The molecule has 4 heteroatoms. The average Bonchev–Trinajstić information content (AvgIpc) is 1.80. The molecule has 64 valence electrons. The van der Waals surface area contributed by atoms with Gasteiger partial charge in [-0.25, -0.2) is 8.78 Å². The summed E-state index contributed by atoms with van der Waals surface area (Å²) in [6, 6.07) is 0. The second-order valence-corrected chi connectivity index (χ2v) is 3.26. The molecule has 1 nitrogen and oxygen atoms in total. The summed E-state index contributed by atoms with van der Waals surface area (Å²) in [5.41, 5.74) is 5.74. The number of rotatable bonds is 3. The Hall–Kier alpha value is -0.510. The van der Waals surface area contributed by atoms with Gasteiger partial charge in [-0.1, -0.05) is 18.3 Å². The molecule has 0 bridgehead atoms. The van der Waals surface area contributed by atoms with Gasteiger partial charge in [0.2, 0.25) is 0 Å². The first-order chi connectivity index (χ1) is 4.84. The number of allylic oxidation sites excluding steroid dienone is 2. The molecule has 0 aliphatic heterocycles. The van der Waals surface area contributed by atoms with Gasteiger partial charge in [0.15, 0.2) is 0 Å². The lowest BCUT2D eigenvalue weighted by atomic mass is 10.4. The van der Waals surface area contributed by atoms with Gasteiger partial charge in [0, 0.05) is 12.6 Å². The van der Waals surface area contributed by atoms with Gasteiger partial charge in [-0.3, -0.25) is 0 Å². The Morgan fingerprint density at radius 3 is 2.36 bits per heavy atom. The lowest BCUT2D eigenvalue weighted by molar-refractivity contribution is 0.0736. The molecule has 0 atom stereocenters. The summed E-state index contributed by atoms with van der Waals surface area (Å²) < 4.78 is 24.8. The average molecular weight is 179 g/mol. The molecule has 2 N–H and O–H groups in total. The van der Waals surface area contributed by atoms with Crippen LogP contribution in [-0.4, -0.2) is 5.92 Å². The fraction of sp³-hybridized carbons (Fsp3) is 0.429. The van der Waals surface area contributed by atoms with Crippen molar-refractivity contribution in [2.75, 3.05) is 0 Å². The van der Waals surface area contributed by atoms with E-state index in [-0.39, 0.29) is 4.91 Å². The van der Waals surface area contributed by atoms with Gasteiger partial charge in [-0.15, -0.1) is 0 Å². The van der Waals surface area contributed by atoms with E-state index in [1.807, 2.05) is 0 Å². The van der Waals surface area contributed by atoms with Crippen LogP contribution in [0.1, 0.15) is 13.8 Å². The van der Waals surface area contributed by atoms with Gasteiger partial charge < -0.3 is 5.73 Å². The lowest BCUT2D eigenvalue weighted by Gasteiger charge is -2.10. The van der Waals surface area contributed by atoms with Gasteiger partial charge in [-0.2, -0.15) is 0 Å². The van der Waals surface area contributed by atoms with Crippen molar-refractivity contribution in [1.82, 2.24) is 0 Å². The van der Waals surface area contributed by atoms with Crippen LogP contribution in [0.3, 0.4) is 0 Å². The molecular weight excluding hydrogens is 168 g/mol. The Kier molecular flexibility index (Phi) is 3.58. The molecule has 0 aliphatic rings. The Morgan fingerprint density at radius 2 is 2.09 bits per heavy atom. The van der Waals surface area contributed by atoms with E-state index in [1.54, 1.807) is 6.92 Å². The lowest BCUT2D eigenvalue weighted by Crippen LogP contribution is -2.09. The standard InChI is InChI=1S/C7H11F2NS/c1-5(10)4-11-6(2)7(3,8)9/h4H,2,10H2,1,3H3/b5-4-. The number of halogens is 2. The largest absolute Gasteiger partial charge is 0.402 e. The van der Waals surface area contributed by atoms with Crippen LogP contribution in [-0.2, 0) is 0 Å². The van der Waals surface area contributed by atoms with Crippen LogP contribution in [0.5, 0.6) is 0 Å². The number of alkyl halides is 2. The Balaban J connectivity index is 4.01. The molecule has 0 rings (SSSR count). The minimum atomic E-state index is -2.84. The minimum Gasteiger partial charge on any atom is -0.402 e. The third-order valence-electron chi connectivity index (χ3n) is 0.877. The maximum atomic E-state index is 12.4. The van der Waals surface area contributed by atoms with Crippen LogP contribution in [0.4, 0.5) is 8.78 Å². The quantitative estimate of drug-likeness (QED) is 0.720. The molecule has 0 fully saturated rings. The van der Waals surface area contributed by atoms with Crippen molar-refractivity contribution in [1.29, 1.82) is 0 Å². The number of hydrogen-bond acceptors (Lipinski definition) is 2. The maximum absolute atomic E-state index is 12.4. The number of thioether (sulfide) groups is 1. The number of nitrogens with two attached hydrogens (primary N) is 1. The molecule has 0 aromatic heterocycles. The second kappa shape index (κ2) is 3.76. The fourth-order valence-corrected chi connectivity index (χ4v) is 0.803. The molecule has 0 unspecified atom stereocenters. The van der Waals surface area contributed by atoms with E-state index in [0.29, 0.717) is 5.70 Å². The van der Waals surface area contributed by atoms with Crippen molar-refractivity contribution in [3.63, 3.8) is 0 Å². The normalized spacial score (nSPS) is 13.3. The van der Waals surface area contributed by atoms with Gasteiger partial charge in [0.1, 0.15) is 0 Å². The zero-order valence-corrected chi connectivity index (χ0v) is 7.34. The first-order valence-electron chi connectivity index (χ1n) is 3.00. The summed E-state index contributed by atoms with van der Waals surface area (Å²) in [6.07, 6.45) is 0. The molecule has 0 heterocycles. The van der Waals surface area contributed by atoms with E-state index >= 15 is 0 Å². The maximum Gasteiger partial charge on any atom is 0.275 e. The zero-order valence-electron chi connectivity index (χ0n) is 6.53. The smallest absolute Gasteiger partial charge is 0.275 e. The predicted molar refractivity (Wildman–Crippen MR) is 45.3 cm³/mol. The molecule has 0 aromatic carbocycles. The minimum absolute atomic E-state index is 0.192. The zero-order chi connectivity index (χ0) is 9.07. The topological polar surface area (TPSA) is 26.0 Å². The molecule has 0 aromatic rings. The highest BCUT2D eigenvalue weighted by Crippen LogP contribution is 2.31. The van der Waals surface area contributed by atoms with Crippen molar-refractivity contribution in [3.05, 3.63) is 22.6 Å². The molecular formula is C7H11F2NS. The molecule has 0 amide bonds. The summed E-state index contributed by atoms with van der Waals surface area (Å²) >= 11 is 0.860. The van der Waals surface area contributed by atoms with Crippen LogP contribution in [0.2, 0.25) is 0 Å². The first-order valence-corrected chi connectivity index (χ1v) is 3.88. The summed E-state index contributed by atoms with van der Waals surface area (Å²) in [5, 5.41) is 1.44. The van der Waals surface area contributed by atoms with E-state index in [2.05, 4.69) is 6.58 Å². The molecule has 0 aliphatic carbocycles. The SMILES string of the molecule is C=C(S/C=C(/C)N)C(C)(F)F. The Bertz CT molecular complexity index is 177. The third kappa shape index (κ3) is 4.84. The van der Waals surface area contributed by atoms with Gasteiger partial charge in [0.25, 0.3) is 5.92 Å². The third-order valence-corrected chi connectivity index (χ3v) is 2.01. The summed E-state index contributed by atoms with van der Waals surface area (Å²) in [7, 11) is 0. The van der Waals surface area contributed by atoms with Crippen molar-refractivity contribution < 1.29 is 8.78 Å². The van der Waals surface area contributed by atoms with Crippen LogP contribution in [0, 0.1) is 0 Å². The fourth-order valence-electron chi connectivity index (χ4n) is 0.268. The highest BCUT2D eigenvalue weighted by Gasteiger charge is 2.25. The van der Waals surface area contributed by atoms with Crippen LogP contribution >= 0.6 is 11.8 Å². The highest BCUT2D eigenvalue weighted by molar-refractivity contribution is 8.05. The summed E-state index contributed by atoms with van der Waals surface area (Å²) in [5.74, 6) is -2.84. The molecule has 0 saturated carbocycles. The monoisotopic (exact) mass is 179 g/mol. The van der Waals surface area contributed by atoms with Gasteiger partial charge in [-0.05, 0) is 12.3 Å². The van der Waals surface area contributed by atoms with Crippen LogP contribution in [0.25, 0.3) is 0 Å². The van der Waals surface area contributed by atoms with Gasteiger partial charge in [0.05, 0.1) is 4.91 Å². The van der Waals surface area contributed by atoms with Gasteiger partial charge >= 0.3 is 0 Å². The molecule has 0 saturated heterocycles. The molecule has 0 spiro atoms. The Morgan fingerprint density at radius 1 is 1.64 bits per heavy atom. The van der Waals surface area contributed by atoms with Crippen LogP contribution < -0.4 is 5.73 Å². The Labute approximate surface area is 69.3 Å². The molecule has 0 radical (unpaired) electrons. The van der Waals surface area contributed by atoms with E-state index in [0.717, 1.165) is 18.7 Å². The van der Waals surface area contributed by atoms with Crippen molar-refractivity contribution in [2.45, 2.75) is 19.8 Å². The van der Waals surface area contributed by atoms with E-state index in [9.17, 15) is 8.78 Å². The van der Waals surface area contributed by atoms with E-state index in [4.69, 9.17) is 5.73 Å². The molecule has 11 heavy (non-hydrogen) atoms. The highest BCUT2D eigenvalue weighted by atomic mass is 32.2. The van der Waals surface area contributed by atoms with Crippen molar-refractivity contribution >= 4 is 11.8 Å². The van der Waals surface area contributed by atoms with Crippen molar-refractivity contribution in [3.8, 4) is 0 Å². The van der Waals surface area contributed by atoms with E-state index in [1.165, 1.54) is 5.41 Å². The number of hydrogen-bond donors (Lipinski definition) is 1. The predicted octanol–water partition coefficient (Wildman–Crippen LogP) is 2.71. The summed E-state index contributed by atoms with van der Waals surface area (Å²) in [6.45, 7) is 5.65.